The Morgan fingerprint density at radius 1 is 1.22 bits per heavy atom. The number of carbonyl (C=O) groups excluding carboxylic acids is 2. The quantitative estimate of drug-likeness (QED) is 0.872. The molecule has 0 spiro atoms. The van der Waals surface area contributed by atoms with E-state index in [0.29, 0.717) is 24.4 Å². The van der Waals surface area contributed by atoms with Crippen molar-refractivity contribution in [3.63, 3.8) is 0 Å². The monoisotopic (exact) mass is 368 g/mol. The maximum atomic E-state index is 12.4. The first-order valence-electron chi connectivity index (χ1n) is 9.07. The Balaban J connectivity index is 1.50. The van der Waals surface area contributed by atoms with Gasteiger partial charge in [0.15, 0.2) is 0 Å². The van der Waals surface area contributed by atoms with Crippen LogP contribution in [0.15, 0.2) is 36.5 Å². The highest BCUT2D eigenvalue weighted by atomic mass is 16.5. The molecular weight excluding hydrogens is 344 g/mol. The number of para-hydroxylation sites is 1. The average Bonchev–Trinajstić information content (AvgIpc) is 2.71. The zero-order chi connectivity index (χ0) is 19.2. The summed E-state index contributed by atoms with van der Waals surface area (Å²) < 4.78 is 5.18. The summed E-state index contributed by atoms with van der Waals surface area (Å²) in [4.78, 5) is 35.4. The molecule has 0 atom stereocenters. The predicted molar refractivity (Wildman–Crippen MR) is 101 cm³/mol. The van der Waals surface area contributed by atoms with Crippen LogP contribution in [0.1, 0.15) is 40.6 Å². The zero-order valence-corrected chi connectivity index (χ0v) is 15.6. The van der Waals surface area contributed by atoms with E-state index in [1.807, 2.05) is 13.0 Å². The van der Waals surface area contributed by atoms with Crippen LogP contribution >= 0.6 is 0 Å². The second-order valence-electron chi connectivity index (χ2n) is 6.59. The van der Waals surface area contributed by atoms with Crippen molar-refractivity contribution in [1.82, 2.24) is 20.2 Å². The van der Waals surface area contributed by atoms with Gasteiger partial charge in [-0.3, -0.25) is 9.59 Å². The number of ether oxygens (including phenoxy) is 1. The number of amides is 2. The molecule has 1 N–H and O–H groups in total. The van der Waals surface area contributed by atoms with Crippen LogP contribution in [0.4, 0.5) is 0 Å². The van der Waals surface area contributed by atoms with E-state index in [1.165, 1.54) is 7.11 Å². The van der Waals surface area contributed by atoms with E-state index in [2.05, 4.69) is 15.3 Å². The topological polar surface area (TPSA) is 84.4 Å². The summed E-state index contributed by atoms with van der Waals surface area (Å²) in [6.45, 7) is 3.22. The van der Waals surface area contributed by atoms with Gasteiger partial charge in [0.05, 0.1) is 19.2 Å². The van der Waals surface area contributed by atoms with Gasteiger partial charge in [0.25, 0.3) is 5.91 Å². The van der Waals surface area contributed by atoms with Crippen LogP contribution in [0, 0.1) is 6.92 Å². The molecule has 1 aromatic heterocycles. The Morgan fingerprint density at radius 2 is 1.96 bits per heavy atom. The van der Waals surface area contributed by atoms with E-state index < -0.39 is 0 Å². The number of rotatable bonds is 5. The lowest BCUT2D eigenvalue weighted by Gasteiger charge is -2.31. The van der Waals surface area contributed by atoms with Crippen molar-refractivity contribution < 1.29 is 14.3 Å². The van der Waals surface area contributed by atoms with Crippen LogP contribution in [0.25, 0.3) is 0 Å². The molecule has 2 amide bonds. The second kappa shape index (κ2) is 8.62. The van der Waals surface area contributed by atoms with E-state index in [4.69, 9.17) is 4.74 Å². The van der Waals surface area contributed by atoms with Gasteiger partial charge in [-0.1, -0.05) is 12.1 Å². The van der Waals surface area contributed by atoms with Crippen LogP contribution in [0.2, 0.25) is 0 Å². The fraction of sp³-hybridized carbons (Fsp3) is 0.400. The highest BCUT2D eigenvalue weighted by Gasteiger charge is 2.25. The van der Waals surface area contributed by atoms with Gasteiger partial charge in [-0.25, -0.2) is 9.97 Å². The smallest absolute Gasteiger partial charge is 0.255 e. The lowest BCUT2D eigenvalue weighted by molar-refractivity contribution is -0.131. The molecule has 7 nitrogen and oxygen atoms in total. The minimum absolute atomic E-state index is 0.0253. The number of piperidine rings is 1. The summed E-state index contributed by atoms with van der Waals surface area (Å²) >= 11 is 0. The molecular formula is C20H24N4O3. The van der Waals surface area contributed by atoms with Crippen molar-refractivity contribution >= 4 is 11.8 Å². The van der Waals surface area contributed by atoms with Gasteiger partial charge >= 0.3 is 0 Å². The van der Waals surface area contributed by atoms with Crippen molar-refractivity contribution in [2.45, 2.75) is 25.7 Å². The van der Waals surface area contributed by atoms with Crippen LogP contribution in [0.5, 0.6) is 5.75 Å². The fourth-order valence-corrected chi connectivity index (χ4v) is 3.25. The standard InChI is InChI=1S/C20H24N4O3/c1-14-7-10-21-19(23-14)15-8-11-24(12-9-15)18(25)13-22-20(26)16-5-3-4-6-17(16)27-2/h3-7,10,15H,8-9,11-13H2,1-2H3,(H,22,26). The van der Waals surface area contributed by atoms with Crippen LogP contribution < -0.4 is 10.1 Å². The molecule has 1 saturated heterocycles. The first-order valence-corrected chi connectivity index (χ1v) is 9.07. The zero-order valence-electron chi connectivity index (χ0n) is 15.6. The molecule has 2 aromatic rings. The Morgan fingerprint density at radius 3 is 2.67 bits per heavy atom. The number of aryl methyl sites for hydroxylation is 1. The van der Waals surface area contributed by atoms with Crippen LogP contribution in [0.3, 0.4) is 0 Å². The maximum Gasteiger partial charge on any atom is 0.255 e. The normalized spacial score (nSPS) is 14.7. The van der Waals surface area contributed by atoms with Gasteiger partial charge < -0.3 is 15.0 Å². The Labute approximate surface area is 158 Å². The third kappa shape index (κ3) is 4.61. The van der Waals surface area contributed by atoms with Crippen molar-refractivity contribution in [3.05, 3.63) is 53.6 Å². The lowest BCUT2D eigenvalue weighted by atomic mass is 9.96. The van der Waals surface area contributed by atoms with Gasteiger partial charge in [0.2, 0.25) is 5.91 Å². The minimum Gasteiger partial charge on any atom is -0.496 e. The number of aromatic nitrogens is 2. The molecule has 0 radical (unpaired) electrons. The summed E-state index contributed by atoms with van der Waals surface area (Å²) in [6, 6.07) is 8.83. The number of nitrogens with one attached hydrogen (secondary N) is 1. The van der Waals surface area contributed by atoms with Crippen molar-refractivity contribution in [2.75, 3.05) is 26.7 Å². The Bertz CT molecular complexity index is 816. The molecule has 142 valence electrons. The maximum absolute atomic E-state index is 12.4. The van der Waals surface area contributed by atoms with E-state index in [-0.39, 0.29) is 24.3 Å². The number of hydrogen-bond donors (Lipinski definition) is 1. The van der Waals surface area contributed by atoms with E-state index in [0.717, 1.165) is 24.4 Å². The predicted octanol–water partition coefficient (Wildman–Crippen LogP) is 1.93. The van der Waals surface area contributed by atoms with E-state index in [9.17, 15) is 9.59 Å². The summed E-state index contributed by atoms with van der Waals surface area (Å²) in [7, 11) is 1.51. The van der Waals surface area contributed by atoms with E-state index in [1.54, 1.807) is 35.4 Å². The first-order chi connectivity index (χ1) is 13.1. The fourth-order valence-electron chi connectivity index (χ4n) is 3.25. The Hall–Kier alpha value is -2.96. The number of methoxy groups -OCH3 is 1. The lowest BCUT2D eigenvalue weighted by Crippen LogP contribution is -2.44. The summed E-state index contributed by atoms with van der Waals surface area (Å²) in [5.41, 5.74) is 1.38. The second-order valence-corrected chi connectivity index (χ2v) is 6.59. The molecule has 0 saturated carbocycles. The molecule has 1 aromatic carbocycles. The van der Waals surface area contributed by atoms with Gasteiger partial charge in [0.1, 0.15) is 11.6 Å². The number of likely N-dealkylation sites (tertiary alicyclic amines) is 1. The summed E-state index contributed by atoms with van der Waals surface area (Å²) in [5, 5.41) is 2.69. The van der Waals surface area contributed by atoms with Crippen molar-refractivity contribution in [1.29, 1.82) is 0 Å². The number of nitrogens with zero attached hydrogens (tertiary/aromatic N) is 3. The highest BCUT2D eigenvalue weighted by molar-refractivity contribution is 5.98. The molecule has 27 heavy (non-hydrogen) atoms. The van der Waals surface area contributed by atoms with Crippen molar-refractivity contribution in [2.24, 2.45) is 0 Å². The summed E-state index contributed by atoms with van der Waals surface area (Å²) in [5.74, 6) is 1.22. The number of benzene rings is 1. The van der Waals surface area contributed by atoms with Crippen LogP contribution in [-0.4, -0.2) is 53.4 Å². The molecule has 0 aliphatic carbocycles. The molecule has 3 rings (SSSR count). The molecule has 1 aliphatic heterocycles. The van der Waals surface area contributed by atoms with Gasteiger partial charge in [-0.15, -0.1) is 0 Å². The van der Waals surface area contributed by atoms with Crippen molar-refractivity contribution in [3.8, 4) is 5.75 Å². The average molecular weight is 368 g/mol. The van der Waals surface area contributed by atoms with Gasteiger partial charge in [0, 0.05) is 30.9 Å². The third-order valence-corrected chi connectivity index (χ3v) is 4.78. The van der Waals surface area contributed by atoms with Gasteiger partial charge in [-0.05, 0) is 38.0 Å². The molecule has 7 heteroatoms. The van der Waals surface area contributed by atoms with Crippen LogP contribution in [-0.2, 0) is 4.79 Å². The Kier molecular flexibility index (Phi) is 6.01. The molecule has 2 heterocycles. The number of carbonyl (C=O) groups is 2. The first kappa shape index (κ1) is 18.8. The SMILES string of the molecule is COc1ccccc1C(=O)NCC(=O)N1CCC(c2nccc(C)n2)CC1. The third-order valence-electron chi connectivity index (χ3n) is 4.78. The highest BCUT2D eigenvalue weighted by Crippen LogP contribution is 2.25. The van der Waals surface area contributed by atoms with Gasteiger partial charge in [-0.2, -0.15) is 0 Å². The molecule has 1 fully saturated rings. The molecule has 1 aliphatic rings. The number of hydrogen-bond acceptors (Lipinski definition) is 5. The molecule has 0 bridgehead atoms. The summed E-state index contributed by atoms with van der Waals surface area (Å²) in [6.07, 6.45) is 3.44. The minimum atomic E-state index is -0.316. The largest absolute Gasteiger partial charge is 0.496 e. The van der Waals surface area contributed by atoms with E-state index >= 15 is 0 Å². The molecule has 0 unspecified atom stereocenters.